The minimum Gasteiger partial charge on any atom is -0.474 e. The van der Waals surface area contributed by atoms with Crippen LogP contribution in [0.3, 0.4) is 0 Å². The summed E-state index contributed by atoms with van der Waals surface area (Å²) in [5.41, 5.74) is 10.9. The lowest BCUT2D eigenvalue weighted by atomic mass is 9.96. The van der Waals surface area contributed by atoms with E-state index in [1.165, 1.54) is 16.7 Å². The molecule has 0 atom stereocenters. The molecule has 3 aromatic rings. The number of hydrogen-bond acceptors (Lipinski definition) is 4. The molecule has 4 nitrogen and oxygen atoms in total. The molecular formula is C27H22N2O2. The van der Waals surface area contributed by atoms with Crippen molar-refractivity contribution in [1.82, 2.24) is 4.98 Å². The molecule has 0 fully saturated rings. The van der Waals surface area contributed by atoms with Gasteiger partial charge < -0.3 is 10.1 Å². The maximum atomic E-state index is 12.9. The van der Waals surface area contributed by atoms with Crippen LogP contribution in [-0.4, -0.2) is 23.9 Å². The fraction of sp³-hybridized carbons (Fsp3) is 0.185. The molecular weight excluding hydrogens is 384 g/mol. The van der Waals surface area contributed by atoms with Gasteiger partial charge in [-0.2, -0.15) is 0 Å². The van der Waals surface area contributed by atoms with Gasteiger partial charge in [-0.15, -0.1) is 0 Å². The number of allylic oxidation sites excluding steroid dienone is 3. The third-order valence-electron chi connectivity index (χ3n) is 6.43. The number of nitrogens with zero attached hydrogens (tertiary/aromatic N) is 1. The van der Waals surface area contributed by atoms with Crippen LogP contribution in [0.2, 0.25) is 0 Å². The summed E-state index contributed by atoms with van der Waals surface area (Å²) in [5, 5.41) is 3.41. The number of rotatable bonds is 2. The van der Waals surface area contributed by atoms with Crippen molar-refractivity contribution in [3.05, 3.63) is 88.1 Å². The maximum absolute atomic E-state index is 12.9. The van der Waals surface area contributed by atoms with Crippen LogP contribution < -0.4 is 10.1 Å². The molecule has 2 aromatic carbocycles. The van der Waals surface area contributed by atoms with Crippen molar-refractivity contribution in [1.29, 1.82) is 0 Å². The zero-order chi connectivity index (χ0) is 20.9. The molecule has 4 heteroatoms. The first kappa shape index (κ1) is 18.1. The summed E-state index contributed by atoms with van der Waals surface area (Å²) in [6, 6.07) is 14.7. The van der Waals surface area contributed by atoms with Crippen molar-refractivity contribution in [2.45, 2.75) is 19.8 Å². The largest absolute Gasteiger partial charge is 0.474 e. The van der Waals surface area contributed by atoms with E-state index in [1.54, 1.807) is 0 Å². The van der Waals surface area contributed by atoms with Crippen molar-refractivity contribution in [2.24, 2.45) is 0 Å². The van der Waals surface area contributed by atoms with E-state index in [0.29, 0.717) is 18.9 Å². The van der Waals surface area contributed by atoms with E-state index in [2.05, 4.69) is 71.8 Å². The summed E-state index contributed by atoms with van der Waals surface area (Å²) >= 11 is 0. The first-order chi connectivity index (χ1) is 15.2. The molecule has 152 valence electrons. The van der Waals surface area contributed by atoms with Gasteiger partial charge in [-0.05, 0) is 64.4 Å². The minimum atomic E-state index is 0.194. The van der Waals surface area contributed by atoms with Crippen molar-refractivity contribution in [3.63, 3.8) is 0 Å². The highest BCUT2D eigenvalue weighted by Gasteiger charge is 2.26. The highest BCUT2D eigenvalue weighted by molar-refractivity contribution is 6.26. The summed E-state index contributed by atoms with van der Waals surface area (Å²) in [6.07, 6.45) is 7.51. The molecule has 0 saturated heterocycles. The Labute approximate surface area is 181 Å². The van der Waals surface area contributed by atoms with E-state index in [1.807, 2.05) is 6.20 Å². The second kappa shape index (κ2) is 6.95. The molecule has 1 aromatic heterocycles. The molecule has 0 bridgehead atoms. The first-order valence-electron chi connectivity index (χ1n) is 10.7. The van der Waals surface area contributed by atoms with Gasteiger partial charge in [0.25, 0.3) is 0 Å². The summed E-state index contributed by atoms with van der Waals surface area (Å²) in [6.45, 7) is 3.50. The van der Waals surface area contributed by atoms with Crippen molar-refractivity contribution in [3.8, 4) is 17.0 Å². The Kier molecular flexibility index (Phi) is 4.06. The second-order valence-corrected chi connectivity index (χ2v) is 8.38. The Morgan fingerprint density at radius 1 is 1.06 bits per heavy atom. The van der Waals surface area contributed by atoms with Crippen LogP contribution in [0.15, 0.2) is 60.3 Å². The topological polar surface area (TPSA) is 51.2 Å². The average Bonchev–Trinajstić information content (AvgIpc) is 3.34. The number of carbonyl (C=O) groups excluding carboxylic acids is 1. The third kappa shape index (κ3) is 2.98. The van der Waals surface area contributed by atoms with Gasteiger partial charge >= 0.3 is 0 Å². The van der Waals surface area contributed by atoms with E-state index in [4.69, 9.17) is 4.74 Å². The summed E-state index contributed by atoms with van der Waals surface area (Å²) in [7, 11) is 0. The maximum Gasteiger partial charge on any atom is 0.237 e. The Bertz CT molecular complexity index is 1320. The Hall–Kier alpha value is -3.66. The number of hydrogen-bond donors (Lipinski definition) is 1. The van der Waals surface area contributed by atoms with Gasteiger partial charge in [0.05, 0.1) is 0 Å². The predicted octanol–water partition coefficient (Wildman–Crippen LogP) is 5.01. The number of nitrogens with one attached hydrogen (secondary N) is 1. The Morgan fingerprint density at radius 2 is 1.97 bits per heavy atom. The van der Waals surface area contributed by atoms with E-state index >= 15 is 0 Å². The molecule has 0 saturated carbocycles. The summed E-state index contributed by atoms with van der Waals surface area (Å²) in [5.74, 6) is 0.858. The van der Waals surface area contributed by atoms with Gasteiger partial charge in [-0.25, -0.2) is 4.98 Å². The lowest BCUT2D eigenvalue weighted by molar-refractivity contribution is -0.112. The quantitative estimate of drug-likeness (QED) is 0.608. The number of fused-ring (bicyclic) bond motifs is 3. The minimum absolute atomic E-state index is 0.194. The standard InChI is InChI=1S/C27H22N2O2/c1-16-24(15-29-27-26(16)28-8-9-31-27)20-6-7-21-14-25(30)23(22(21)13-20)12-17-10-18-4-2-3-5-19(18)11-17/h2-7,10,12-13,15,28H,8-9,11,14H2,1H3/b23-12-. The molecule has 0 radical (unpaired) electrons. The molecule has 2 heterocycles. The molecule has 1 aliphatic heterocycles. The number of benzene rings is 2. The normalized spacial score (nSPS) is 17.5. The molecule has 3 aliphatic rings. The van der Waals surface area contributed by atoms with Crippen molar-refractivity contribution in [2.75, 3.05) is 18.5 Å². The van der Waals surface area contributed by atoms with Gasteiger partial charge in [0.15, 0.2) is 5.78 Å². The molecule has 0 unspecified atom stereocenters. The van der Waals surface area contributed by atoms with Gasteiger partial charge in [-0.3, -0.25) is 4.79 Å². The van der Waals surface area contributed by atoms with Crippen LogP contribution in [0.5, 0.6) is 5.88 Å². The van der Waals surface area contributed by atoms with Gasteiger partial charge in [0.2, 0.25) is 5.88 Å². The highest BCUT2D eigenvalue weighted by Crippen LogP contribution is 2.39. The molecule has 2 aliphatic carbocycles. The lowest BCUT2D eigenvalue weighted by Gasteiger charge is -2.21. The number of aromatic nitrogens is 1. The smallest absolute Gasteiger partial charge is 0.237 e. The van der Waals surface area contributed by atoms with E-state index < -0.39 is 0 Å². The van der Waals surface area contributed by atoms with Gasteiger partial charge in [0, 0.05) is 30.3 Å². The number of carbonyl (C=O) groups is 1. The molecule has 0 amide bonds. The monoisotopic (exact) mass is 406 g/mol. The van der Waals surface area contributed by atoms with Crippen molar-refractivity contribution >= 4 is 23.1 Å². The van der Waals surface area contributed by atoms with Crippen LogP contribution in [0.1, 0.15) is 27.8 Å². The van der Waals surface area contributed by atoms with E-state index in [-0.39, 0.29) is 5.78 Å². The Morgan fingerprint density at radius 3 is 2.87 bits per heavy atom. The summed E-state index contributed by atoms with van der Waals surface area (Å²) in [4.78, 5) is 17.4. The molecule has 0 spiro atoms. The second-order valence-electron chi connectivity index (χ2n) is 8.38. The number of ether oxygens (including phenoxy) is 1. The SMILES string of the molecule is Cc1c(-c2ccc3c(c2)/C(=C/C2=Cc4ccccc4C2)C(=O)C3)cnc2c1NCCO2. The lowest BCUT2D eigenvalue weighted by Crippen LogP contribution is -2.20. The van der Waals surface area contributed by atoms with Crippen LogP contribution in [0, 0.1) is 6.92 Å². The first-order valence-corrected chi connectivity index (χ1v) is 10.7. The predicted molar refractivity (Wildman–Crippen MR) is 123 cm³/mol. The average molecular weight is 406 g/mol. The zero-order valence-corrected chi connectivity index (χ0v) is 17.4. The number of pyridine rings is 1. The van der Waals surface area contributed by atoms with Crippen LogP contribution >= 0.6 is 0 Å². The number of Topliss-reactive ketones (excluding diaryl/α,β-unsaturated/α-hetero) is 1. The van der Waals surface area contributed by atoms with E-state index in [0.717, 1.165) is 52.0 Å². The van der Waals surface area contributed by atoms with Crippen LogP contribution in [-0.2, 0) is 17.6 Å². The highest BCUT2D eigenvalue weighted by atomic mass is 16.5. The van der Waals surface area contributed by atoms with Gasteiger partial charge in [-0.1, -0.05) is 42.5 Å². The number of ketones is 1. The molecule has 6 rings (SSSR count). The van der Waals surface area contributed by atoms with Crippen molar-refractivity contribution < 1.29 is 9.53 Å². The van der Waals surface area contributed by atoms with Crippen LogP contribution in [0.25, 0.3) is 22.8 Å². The van der Waals surface area contributed by atoms with Gasteiger partial charge in [0.1, 0.15) is 12.3 Å². The zero-order valence-electron chi connectivity index (χ0n) is 17.4. The number of anilines is 1. The molecule has 1 N–H and O–H groups in total. The van der Waals surface area contributed by atoms with Crippen LogP contribution in [0.4, 0.5) is 5.69 Å². The third-order valence-corrected chi connectivity index (χ3v) is 6.43. The fourth-order valence-corrected chi connectivity index (χ4v) is 4.82. The molecule has 31 heavy (non-hydrogen) atoms. The van der Waals surface area contributed by atoms with E-state index in [9.17, 15) is 4.79 Å². The Balaban J connectivity index is 1.40. The summed E-state index contributed by atoms with van der Waals surface area (Å²) < 4.78 is 5.67. The fourth-order valence-electron chi connectivity index (χ4n) is 4.82.